The lowest BCUT2D eigenvalue weighted by Gasteiger charge is -2.23. The van der Waals surface area contributed by atoms with Crippen molar-refractivity contribution in [1.29, 1.82) is 0 Å². The first-order valence-corrected chi connectivity index (χ1v) is 5.70. The summed E-state index contributed by atoms with van der Waals surface area (Å²) >= 11 is 0. The predicted molar refractivity (Wildman–Crippen MR) is 61.8 cm³/mol. The molecular weight excluding hydrogens is 242 g/mol. The van der Waals surface area contributed by atoms with Crippen molar-refractivity contribution in [1.82, 2.24) is 0 Å². The fourth-order valence-corrected chi connectivity index (χ4v) is 1.64. The van der Waals surface area contributed by atoms with E-state index in [1.165, 1.54) is 13.0 Å². The summed E-state index contributed by atoms with van der Waals surface area (Å²) in [7, 11) is 0. The zero-order chi connectivity index (χ0) is 13.8. The highest BCUT2D eigenvalue weighted by Gasteiger charge is 2.27. The quantitative estimate of drug-likeness (QED) is 0.825. The Balaban J connectivity index is 2.76. The highest BCUT2D eigenvalue weighted by Crippen LogP contribution is 2.28. The van der Waals surface area contributed by atoms with Gasteiger partial charge in [-0.05, 0) is 26.3 Å². The second kappa shape index (κ2) is 5.91. The van der Waals surface area contributed by atoms with Crippen LogP contribution in [0.25, 0.3) is 0 Å². The summed E-state index contributed by atoms with van der Waals surface area (Å²) in [6, 6.07) is 2.95. The van der Waals surface area contributed by atoms with Gasteiger partial charge in [-0.25, -0.2) is 8.78 Å². The van der Waals surface area contributed by atoms with E-state index in [0.29, 0.717) is 6.07 Å². The van der Waals surface area contributed by atoms with Gasteiger partial charge in [-0.2, -0.15) is 0 Å². The summed E-state index contributed by atoms with van der Waals surface area (Å²) in [4.78, 5) is 11.2. The lowest BCUT2D eigenvalue weighted by atomic mass is 9.90. The third-order valence-corrected chi connectivity index (χ3v) is 2.63. The lowest BCUT2D eigenvalue weighted by molar-refractivity contribution is -0.144. The number of carbonyl (C=O) groups is 1. The number of rotatable bonds is 5. The molecule has 0 radical (unpaired) electrons. The summed E-state index contributed by atoms with van der Waals surface area (Å²) < 4.78 is 31.0. The minimum atomic E-state index is -1.54. The number of hydrogen-bond acceptors (Lipinski definition) is 3. The maximum Gasteiger partial charge on any atom is 0.305 e. The number of halogens is 2. The van der Waals surface area contributed by atoms with E-state index in [2.05, 4.69) is 0 Å². The molecule has 0 aliphatic rings. The van der Waals surface area contributed by atoms with Crippen LogP contribution >= 0.6 is 0 Å². The molecule has 0 fully saturated rings. The van der Waals surface area contributed by atoms with Gasteiger partial charge in [0, 0.05) is 18.1 Å². The number of ether oxygens (including phenoxy) is 1. The van der Waals surface area contributed by atoms with Gasteiger partial charge in [0.2, 0.25) is 0 Å². The molecule has 1 N–H and O–H groups in total. The van der Waals surface area contributed by atoms with Gasteiger partial charge >= 0.3 is 5.97 Å². The molecule has 1 unspecified atom stereocenters. The molecule has 1 aromatic carbocycles. The second-order valence-corrected chi connectivity index (χ2v) is 4.20. The van der Waals surface area contributed by atoms with Gasteiger partial charge < -0.3 is 9.84 Å². The first-order chi connectivity index (χ1) is 8.36. The van der Waals surface area contributed by atoms with Crippen LogP contribution in [0.15, 0.2) is 18.2 Å². The lowest BCUT2D eigenvalue weighted by Crippen LogP contribution is -2.24. The fourth-order valence-electron chi connectivity index (χ4n) is 1.64. The summed E-state index contributed by atoms with van der Waals surface area (Å²) in [6.45, 7) is 3.31. The molecule has 1 rings (SSSR count). The Morgan fingerprint density at radius 2 is 2.11 bits per heavy atom. The molecule has 0 aromatic heterocycles. The van der Waals surface area contributed by atoms with Crippen LogP contribution in [0.4, 0.5) is 8.78 Å². The normalized spacial score (nSPS) is 14.1. The molecule has 0 spiro atoms. The number of aliphatic hydroxyl groups is 1. The Morgan fingerprint density at radius 1 is 1.44 bits per heavy atom. The summed E-state index contributed by atoms with van der Waals surface area (Å²) in [5, 5.41) is 10.1. The van der Waals surface area contributed by atoms with E-state index in [0.717, 1.165) is 6.07 Å². The van der Waals surface area contributed by atoms with Crippen molar-refractivity contribution in [2.24, 2.45) is 0 Å². The molecule has 3 nitrogen and oxygen atoms in total. The van der Waals surface area contributed by atoms with Crippen molar-refractivity contribution in [3.05, 3.63) is 35.4 Å². The molecule has 1 atom stereocenters. The average molecular weight is 258 g/mol. The Bertz CT molecular complexity index is 430. The van der Waals surface area contributed by atoms with E-state index in [1.807, 2.05) is 0 Å². The fraction of sp³-hybridized carbons (Fsp3) is 0.462. The highest BCUT2D eigenvalue weighted by molar-refractivity contribution is 5.69. The smallest absolute Gasteiger partial charge is 0.305 e. The minimum absolute atomic E-state index is 0.00832. The van der Waals surface area contributed by atoms with Gasteiger partial charge in [0.1, 0.15) is 11.6 Å². The third-order valence-electron chi connectivity index (χ3n) is 2.63. The molecule has 0 saturated carbocycles. The van der Waals surface area contributed by atoms with Gasteiger partial charge in [0.05, 0.1) is 12.2 Å². The molecule has 100 valence electrons. The third kappa shape index (κ3) is 3.77. The molecule has 18 heavy (non-hydrogen) atoms. The Hall–Kier alpha value is -1.49. The maximum atomic E-state index is 13.5. The monoisotopic (exact) mass is 258 g/mol. The molecule has 0 aliphatic heterocycles. The summed E-state index contributed by atoms with van der Waals surface area (Å²) in [5.74, 6) is -2.00. The molecule has 0 amide bonds. The van der Waals surface area contributed by atoms with Crippen LogP contribution in [0.5, 0.6) is 0 Å². The number of carbonyl (C=O) groups excluding carboxylic acids is 1. The Labute approximate surface area is 104 Å². The topological polar surface area (TPSA) is 46.5 Å². The summed E-state index contributed by atoms with van der Waals surface area (Å²) in [5.41, 5.74) is -1.57. The molecule has 5 heteroatoms. The van der Waals surface area contributed by atoms with E-state index in [1.54, 1.807) is 6.92 Å². The van der Waals surface area contributed by atoms with Crippen molar-refractivity contribution in [3.8, 4) is 0 Å². The summed E-state index contributed by atoms with van der Waals surface area (Å²) in [6.07, 6.45) is -0.0218. The van der Waals surface area contributed by atoms with E-state index >= 15 is 0 Å². The zero-order valence-corrected chi connectivity index (χ0v) is 10.4. The van der Waals surface area contributed by atoms with Gasteiger partial charge in [0.25, 0.3) is 0 Å². The van der Waals surface area contributed by atoms with Crippen LogP contribution in [-0.4, -0.2) is 17.7 Å². The second-order valence-electron chi connectivity index (χ2n) is 4.20. The molecule has 0 heterocycles. The SMILES string of the molecule is CCOC(=O)CCC(C)(O)c1ccc(F)cc1F. The van der Waals surface area contributed by atoms with Crippen LogP contribution in [0, 0.1) is 11.6 Å². The van der Waals surface area contributed by atoms with Crippen molar-refractivity contribution < 1.29 is 23.4 Å². The van der Waals surface area contributed by atoms with Crippen LogP contribution in [-0.2, 0) is 15.1 Å². The molecule has 0 saturated heterocycles. The molecular formula is C13H16F2O3. The van der Waals surface area contributed by atoms with Crippen LogP contribution in [0.3, 0.4) is 0 Å². The van der Waals surface area contributed by atoms with Crippen LogP contribution < -0.4 is 0 Å². The zero-order valence-electron chi connectivity index (χ0n) is 10.4. The number of esters is 1. The van der Waals surface area contributed by atoms with E-state index in [9.17, 15) is 18.7 Å². The Morgan fingerprint density at radius 3 is 2.67 bits per heavy atom. The van der Waals surface area contributed by atoms with Gasteiger partial charge in [0.15, 0.2) is 0 Å². The number of benzene rings is 1. The van der Waals surface area contributed by atoms with E-state index < -0.39 is 23.2 Å². The Kier molecular flexibility index (Phi) is 4.78. The first-order valence-electron chi connectivity index (χ1n) is 5.70. The van der Waals surface area contributed by atoms with Crippen molar-refractivity contribution in [2.75, 3.05) is 6.61 Å². The maximum absolute atomic E-state index is 13.5. The van der Waals surface area contributed by atoms with E-state index in [-0.39, 0.29) is 25.0 Å². The predicted octanol–water partition coefficient (Wildman–Crippen LogP) is 2.52. The van der Waals surface area contributed by atoms with Crippen LogP contribution in [0.2, 0.25) is 0 Å². The largest absolute Gasteiger partial charge is 0.466 e. The van der Waals surface area contributed by atoms with Gasteiger partial charge in [-0.3, -0.25) is 4.79 Å². The average Bonchev–Trinajstić information content (AvgIpc) is 2.26. The van der Waals surface area contributed by atoms with E-state index in [4.69, 9.17) is 4.74 Å². The molecule has 0 aliphatic carbocycles. The van der Waals surface area contributed by atoms with Crippen molar-refractivity contribution >= 4 is 5.97 Å². The standard InChI is InChI=1S/C13H16F2O3/c1-3-18-12(16)6-7-13(2,17)10-5-4-9(14)8-11(10)15/h4-5,8,17H,3,6-7H2,1-2H3. The molecule has 0 bridgehead atoms. The highest BCUT2D eigenvalue weighted by atomic mass is 19.1. The van der Waals surface area contributed by atoms with Crippen molar-refractivity contribution in [3.63, 3.8) is 0 Å². The van der Waals surface area contributed by atoms with Crippen molar-refractivity contribution in [2.45, 2.75) is 32.3 Å². The van der Waals surface area contributed by atoms with Crippen LogP contribution in [0.1, 0.15) is 32.3 Å². The number of hydrogen-bond donors (Lipinski definition) is 1. The minimum Gasteiger partial charge on any atom is -0.466 e. The van der Waals surface area contributed by atoms with Gasteiger partial charge in [-0.15, -0.1) is 0 Å². The van der Waals surface area contributed by atoms with Gasteiger partial charge in [-0.1, -0.05) is 6.07 Å². The first kappa shape index (κ1) is 14.6. The molecule has 1 aromatic rings.